The van der Waals surface area contributed by atoms with Crippen LogP contribution in [0.5, 0.6) is 0 Å². The van der Waals surface area contributed by atoms with Gasteiger partial charge in [0.2, 0.25) is 0 Å². The largest absolute Gasteiger partial charge is 0.463 e. The maximum absolute atomic E-state index is 5.29. The van der Waals surface area contributed by atoms with Crippen LogP contribution in [0.4, 0.5) is 0 Å². The third-order valence-electron chi connectivity index (χ3n) is 2.32. The van der Waals surface area contributed by atoms with Gasteiger partial charge in [0.25, 0.3) is 0 Å². The first-order chi connectivity index (χ1) is 6.36. The van der Waals surface area contributed by atoms with Gasteiger partial charge in [-0.2, -0.15) is 0 Å². The second-order valence-corrected chi connectivity index (χ2v) is 2.97. The Hall–Kier alpha value is -1.38. The molecule has 3 nitrogen and oxygen atoms in total. The summed E-state index contributed by atoms with van der Waals surface area (Å²) in [6.45, 7) is 6.31. The molecule has 2 rings (SSSR count). The maximum atomic E-state index is 5.29. The monoisotopic (exact) mass is 178 g/mol. The van der Waals surface area contributed by atoms with Crippen molar-refractivity contribution in [2.24, 2.45) is 0 Å². The number of rotatable bonds is 3. The van der Waals surface area contributed by atoms with Gasteiger partial charge < -0.3 is 9.43 Å². The van der Waals surface area contributed by atoms with E-state index in [9.17, 15) is 0 Å². The molecular weight excluding hydrogens is 164 g/mol. The third-order valence-corrected chi connectivity index (χ3v) is 2.32. The van der Waals surface area contributed by atoms with E-state index in [1.54, 1.807) is 6.26 Å². The van der Waals surface area contributed by atoms with Gasteiger partial charge in [0.1, 0.15) is 5.52 Å². The molecule has 0 aliphatic carbocycles. The molecule has 0 bridgehead atoms. The Morgan fingerprint density at radius 1 is 1.31 bits per heavy atom. The summed E-state index contributed by atoms with van der Waals surface area (Å²) < 4.78 is 7.43. The Morgan fingerprint density at radius 3 is 2.77 bits per heavy atom. The summed E-state index contributed by atoms with van der Waals surface area (Å²) in [5.41, 5.74) is 2.09. The number of fused-ring (bicyclic) bond motifs is 1. The molecule has 0 saturated heterocycles. The van der Waals surface area contributed by atoms with Crippen LogP contribution >= 0.6 is 0 Å². The molecule has 0 atom stereocenters. The van der Waals surface area contributed by atoms with Crippen LogP contribution in [0.1, 0.15) is 13.8 Å². The van der Waals surface area contributed by atoms with Crippen LogP contribution in [0.2, 0.25) is 0 Å². The number of hydrogen-bond acceptors (Lipinski definition) is 2. The minimum absolute atomic E-state index is 0.951. The highest BCUT2D eigenvalue weighted by molar-refractivity contribution is 5.74. The third kappa shape index (κ3) is 1.20. The summed E-state index contributed by atoms with van der Waals surface area (Å²) >= 11 is 0. The smallest absolute Gasteiger partial charge is 0.153 e. The second kappa shape index (κ2) is 3.17. The van der Waals surface area contributed by atoms with Crippen molar-refractivity contribution in [3.8, 4) is 0 Å². The summed E-state index contributed by atoms with van der Waals surface area (Å²) in [5, 5.41) is 2.25. The average Bonchev–Trinajstić information content (AvgIpc) is 2.70. The van der Waals surface area contributed by atoms with E-state index >= 15 is 0 Å². The lowest BCUT2D eigenvalue weighted by molar-refractivity contribution is 0.615. The summed E-state index contributed by atoms with van der Waals surface area (Å²) in [6.07, 6.45) is 3.77. The topological polar surface area (TPSA) is 21.3 Å². The number of nitrogens with zero attached hydrogens (tertiary/aromatic N) is 2. The molecule has 0 aromatic carbocycles. The average molecular weight is 178 g/mol. The van der Waals surface area contributed by atoms with Crippen LogP contribution in [0, 0.1) is 0 Å². The minimum Gasteiger partial charge on any atom is -0.463 e. The van der Waals surface area contributed by atoms with Crippen LogP contribution in [-0.4, -0.2) is 17.8 Å². The lowest BCUT2D eigenvalue weighted by Crippen LogP contribution is -2.33. The summed E-state index contributed by atoms with van der Waals surface area (Å²) in [4.78, 5) is 0. The lowest BCUT2D eigenvalue weighted by atomic mass is 10.5. The van der Waals surface area contributed by atoms with E-state index in [0.717, 1.165) is 24.2 Å². The van der Waals surface area contributed by atoms with Crippen molar-refractivity contribution in [1.82, 2.24) is 4.68 Å². The maximum Gasteiger partial charge on any atom is 0.153 e. The van der Waals surface area contributed by atoms with Crippen molar-refractivity contribution in [3.63, 3.8) is 0 Å². The molecule has 0 amide bonds. The Morgan fingerprint density at radius 2 is 2.08 bits per heavy atom. The zero-order valence-electron chi connectivity index (χ0n) is 8.03. The van der Waals surface area contributed by atoms with E-state index in [4.69, 9.17) is 4.42 Å². The SMILES string of the molecule is CCN(CC)n1ccc2occc21. The van der Waals surface area contributed by atoms with E-state index in [2.05, 4.69) is 23.5 Å². The second-order valence-electron chi connectivity index (χ2n) is 2.97. The zero-order valence-corrected chi connectivity index (χ0v) is 8.03. The number of aromatic nitrogens is 1. The van der Waals surface area contributed by atoms with Gasteiger partial charge >= 0.3 is 0 Å². The van der Waals surface area contributed by atoms with Gasteiger partial charge in [-0.15, -0.1) is 0 Å². The Balaban J connectivity index is 2.47. The van der Waals surface area contributed by atoms with Crippen LogP contribution < -0.4 is 5.01 Å². The lowest BCUT2D eigenvalue weighted by Gasteiger charge is -2.22. The van der Waals surface area contributed by atoms with Crippen molar-refractivity contribution < 1.29 is 4.42 Å². The highest BCUT2D eigenvalue weighted by Crippen LogP contribution is 2.16. The molecule has 0 unspecified atom stereocenters. The summed E-state index contributed by atoms with van der Waals surface area (Å²) in [7, 11) is 0. The van der Waals surface area contributed by atoms with Gasteiger partial charge in [-0.3, -0.25) is 4.68 Å². The molecule has 2 aromatic heterocycles. The van der Waals surface area contributed by atoms with Gasteiger partial charge in [-0.25, -0.2) is 0 Å². The molecule has 2 heterocycles. The molecule has 3 heteroatoms. The van der Waals surface area contributed by atoms with E-state index in [1.165, 1.54) is 0 Å². The molecule has 0 saturated carbocycles. The minimum atomic E-state index is 0.951. The normalized spacial score (nSPS) is 10.9. The van der Waals surface area contributed by atoms with Crippen molar-refractivity contribution in [2.75, 3.05) is 18.1 Å². The fraction of sp³-hybridized carbons (Fsp3) is 0.400. The van der Waals surface area contributed by atoms with Crippen LogP contribution in [-0.2, 0) is 0 Å². The summed E-state index contributed by atoms with van der Waals surface area (Å²) in [5.74, 6) is 0. The fourth-order valence-corrected chi connectivity index (χ4v) is 1.62. The Labute approximate surface area is 77.5 Å². The predicted molar refractivity (Wildman–Crippen MR) is 53.5 cm³/mol. The molecule has 0 spiro atoms. The molecule has 0 N–H and O–H groups in total. The zero-order chi connectivity index (χ0) is 9.26. The predicted octanol–water partition coefficient (Wildman–Crippen LogP) is 2.21. The van der Waals surface area contributed by atoms with Gasteiger partial charge in [0.05, 0.1) is 6.26 Å². The quantitative estimate of drug-likeness (QED) is 0.718. The standard InChI is InChI=1S/C10H14N2O/c1-3-11(4-2)12-7-5-10-9(12)6-8-13-10/h5-8H,3-4H2,1-2H3. The number of furan rings is 1. The van der Waals surface area contributed by atoms with Crippen molar-refractivity contribution in [1.29, 1.82) is 0 Å². The molecule has 0 aliphatic rings. The van der Waals surface area contributed by atoms with E-state index in [1.807, 2.05) is 18.3 Å². The molecule has 0 radical (unpaired) electrons. The van der Waals surface area contributed by atoms with Crippen LogP contribution in [0.15, 0.2) is 29.0 Å². The van der Waals surface area contributed by atoms with Crippen LogP contribution in [0.3, 0.4) is 0 Å². The van der Waals surface area contributed by atoms with Crippen LogP contribution in [0.25, 0.3) is 11.1 Å². The Bertz CT molecular complexity index is 384. The highest BCUT2D eigenvalue weighted by atomic mass is 16.3. The Kier molecular flexibility index (Phi) is 2.00. The van der Waals surface area contributed by atoms with Gasteiger partial charge in [-0.1, -0.05) is 0 Å². The van der Waals surface area contributed by atoms with Crippen molar-refractivity contribution in [3.05, 3.63) is 24.6 Å². The molecule has 13 heavy (non-hydrogen) atoms. The first-order valence-electron chi connectivity index (χ1n) is 4.66. The molecule has 70 valence electrons. The molecule has 0 aliphatic heterocycles. The van der Waals surface area contributed by atoms with Gasteiger partial charge in [-0.05, 0) is 13.8 Å². The van der Waals surface area contributed by atoms with E-state index in [0.29, 0.717) is 0 Å². The fourth-order valence-electron chi connectivity index (χ4n) is 1.62. The van der Waals surface area contributed by atoms with E-state index in [-0.39, 0.29) is 0 Å². The number of hydrogen-bond donors (Lipinski definition) is 0. The highest BCUT2D eigenvalue weighted by Gasteiger charge is 2.06. The first-order valence-corrected chi connectivity index (χ1v) is 4.66. The van der Waals surface area contributed by atoms with E-state index < -0.39 is 0 Å². The first kappa shape index (κ1) is 8.23. The van der Waals surface area contributed by atoms with Crippen molar-refractivity contribution >= 4 is 11.1 Å². The molecule has 2 aromatic rings. The van der Waals surface area contributed by atoms with Crippen molar-refractivity contribution in [2.45, 2.75) is 13.8 Å². The molecule has 0 fully saturated rings. The van der Waals surface area contributed by atoms with Gasteiger partial charge in [0.15, 0.2) is 5.58 Å². The molecular formula is C10H14N2O. The van der Waals surface area contributed by atoms with Gasteiger partial charge in [0, 0.05) is 31.4 Å². The summed E-state index contributed by atoms with van der Waals surface area (Å²) in [6, 6.07) is 3.99.